The van der Waals surface area contributed by atoms with Crippen LogP contribution in [0.4, 0.5) is 0 Å². The molecule has 0 unspecified atom stereocenters. The molecule has 0 aliphatic rings. The third-order valence-corrected chi connectivity index (χ3v) is 3.94. The van der Waals surface area contributed by atoms with E-state index in [0.29, 0.717) is 0 Å². The van der Waals surface area contributed by atoms with E-state index in [1.165, 1.54) is 44.5 Å². The number of quaternary nitrogens is 1. The molecule has 0 amide bonds. The van der Waals surface area contributed by atoms with Gasteiger partial charge in [0.05, 0.1) is 27.7 Å². The lowest BCUT2D eigenvalue weighted by atomic mass is 10.2. The smallest absolute Gasteiger partial charge is 0.119 e. The summed E-state index contributed by atoms with van der Waals surface area (Å²) in [6.45, 7) is 6.92. The molecule has 0 bridgehead atoms. The van der Waals surface area contributed by atoms with E-state index in [9.17, 15) is 0 Å². The molecule has 0 aliphatic carbocycles. The summed E-state index contributed by atoms with van der Waals surface area (Å²) in [5, 5.41) is 0. The van der Waals surface area contributed by atoms with Gasteiger partial charge in [-0.05, 0) is 32.1 Å². The molecule has 1 aromatic rings. The Hall–Kier alpha value is -1.06. The van der Waals surface area contributed by atoms with Gasteiger partial charge in [-0.3, -0.25) is 0 Å². The topological polar surface area (TPSA) is 12.5 Å². The predicted octanol–water partition coefficient (Wildman–Crippen LogP) is 3.39. The fourth-order valence-electron chi connectivity index (χ4n) is 2.65. The zero-order valence-corrected chi connectivity index (χ0v) is 14.6. The van der Waals surface area contributed by atoms with Gasteiger partial charge in [0, 0.05) is 18.5 Å². The van der Waals surface area contributed by atoms with E-state index in [0.717, 1.165) is 16.8 Å². The molecule has 1 rings (SSSR count). The lowest BCUT2D eigenvalue weighted by Gasteiger charge is -2.31. The van der Waals surface area contributed by atoms with E-state index in [2.05, 4.69) is 51.2 Å². The summed E-state index contributed by atoms with van der Waals surface area (Å²) in [5.74, 6) is 0.951. The Balaban J connectivity index is 2.38. The second kappa shape index (κ2) is 9.06. The first-order valence-electron chi connectivity index (χ1n) is 8.10. The van der Waals surface area contributed by atoms with Crippen LogP contribution in [0.3, 0.4) is 0 Å². The summed E-state index contributed by atoms with van der Waals surface area (Å²) >= 11 is 0. The third kappa shape index (κ3) is 7.49. The molecule has 0 heterocycles. The van der Waals surface area contributed by atoms with Crippen molar-refractivity contribution >= 4 is 0 Å². The highest BCUT2D eigenvalue weighted by molar-refractivity contribution is 5.27. The molecular weight excluding hydrogens is 260 g/mol. The first kappa shape index (κ1) is 18.0. The number of benzene rings is 1. The third-order valence-electron chi connectivity index (χ3n) is 3.94. The molecule has 120 valence electrons. The lowest BCUT2D eigenvalue weighted by Crippen LogP contribution is -2.40. The molecule has 1 aromatic carbocycles. The molecule has 0 fully saturated rings. The van der Waals surface area contributed by atoms with E-state index in [-0.39, 0.29) is 0 Å². The number of hydrogen-bond donors (Lipinski definition) is 0. The molecule has 0 aromatic heterocycles. The number of nitrogens with zero attached hydrogens (tertiary/aromatic N) is 2. The van der Waals surface area contributed by atoms with Gasteiger partial charge < -0.3 is 14.1 Å². The zero-order valence-electron chi connectivity index (χ0n) is 14.6. The minimum Gasteiger partial charge on any atom is -0.497 e. The first-order chi connectivity index (χ1) is 9.96. The van der Waals surface area contributed by atoms with Crippen LogP contribution in [0.25, 0.3) is 0 Å². The molecule has 3 heteroatoms. The average Bonchev–Trinajstić information content (AvgIpc) is 2.44. The number of unbranched alkanes of at least 4 members (excludes halogenated alkanes) is 1. The molecule has 0 radical (unpaired) electrons. The fraction of sp³-hybridized carbons (Fsp3) is 0.667. The summed E-state index contributed by atoms with van der Waals surface area (Å²) in [5.41, 5.74) is 1.35. The van der Waals surface area contributed by atoms with Gasteiger partial charge in [-0.15, -0.1) is 0 Å². The summed E-state index contributed by atoms with van der Waals surface area (Å²) in [6, 6.07) is 8.42. The highest BCUT2D eigenvalue weighted by Crippen LogP contribution is 2.16. The van der Waals surface area contributed by atoms with E-state index in [1.807, 2.05) is 6.07 Å². The van der Waals surface area contributed by atoms with E-state index in [4.69, 9.17) is 4.74 Å². The van der Waals surface area contributed by atoms with Crippen LogP contribution >= 0.6 is 0 Å². The van der Waals surface area contributed by atoms with Crippen molar-refractivity contribution in [2.24, 2.45) is 0 Å². The summed E-state index contributed by atoms with van der Waals surface area (Å²) in [7, 11) is 8.58. The number of ether oxygens (including phenoxy) is 1. The second-order valence-corrected chi connectivity index (χ2v) is 6.68. The summed E-state index contributed by atoms with van der Waals surface area (Å²) in [4.78, 5) is 2.45. The highest BCUT2D eigenvalue weighted by Gasteiger charge is 2.16. The molecule has 0 aliphatic heterocycles. The Bertz CT molecular complexity index is 404. The molecule has 0 atom stereocenters. The van der Waals surface area contributed by atoms with Gasteiger partial charge in [-0.25, -0.2) is 0 Å². The summed E-state index contributed by atoms with van der Waals surface area (Å²) < 4.78 is 6.33. The maximum atomic E-state index is 5.31. The van der Waals surface area contributed by atoms with E-state index in [1.54, 1.807) is 7.11 Å². The van der Waals surface area contributed by atoms with Gasteiger partial charge in [0.15, 0.2) is 0 Å². The first-order valence-corrected chi connectivity index (χ1v) is 8.10. The van der Waals surface area contributed by atoms with Gasteiger partial charge >= 0.3 is 0 Å². The predicted molar refractivity (Wildman–Crippen MR) is 90.7 cm³/mol. The van der Waals surface area contributed by atoms with Crippen LogP contribution in [-0.4, -0.2) is 57.3 Å². The van der Waals surface area contributed by atoms with E-state index >= 15 is 0 Å². The Morgan fingerprint density at radius 1 is 1.14 bits per heavy atom. The van der Waals surface area contributed by atoms with Crippen molar-refractivity contribution in [1.82, 2.24) is 4.90 Å². The van der Waals surface area contributed by atoms with Gasteiger partial charge in [0.25, 0.3) is 0 Å². The molecule has 0 saturated heterocycles. The normalized spacial score (nSPS) is 11.9. The van der Waals surface area contributed by atoms with Crippen LogP contribution in [-0.2, 0) is 6.54 Å². The number of rotatable bonds is 10. The molecule has 0 N–H and O–H groups in total. The molecule has 0 saturated carbocycles. The van der Waals surface area contributed by atoms with Gasteiger partial charge in [-0.2, -0.15) is 0 Å². The van der Waals surface area contributed by atoms with Gasteiger partial charge in [0.2, 0.25) is 0 Å². The average molecular weight is 293 g/mol. The van der Waals surface area contributed by atoms with Crippen molar-refractivity contribution in [2.75, 3.05) is 47.9 Å². The Morgan fingerprint density at radius 3 is 2.52 bits per heavy atom. The largest absolute Gasteiger partial charge is 0.497 e. The molecule has 0 spiro atoms. The SMILES string of the molecule is CCCCN(C)CCC[N+](C)(C)Cc1cccc(OC)c1. The Kier molecular flexibility index (Phi) is 7.76. The van der Waals surface area contributed by atoms with Gasteiger partial charge in [0.1, 0.15) is 12.3 Å². The number of hydrogen-bond acceptors (Lipinski definition) is 2. The molecular formula is C18H33N2O+. The van der Waals surface area contributed by atoms with Crippen LogP contribution in [0, 0.1) is 0 Å². The van der Waals surface area contributed by atoms with Crippen molar-refractivity contribution in [3.05, 3.63) is 29.8 Å². The van der Waals surface area contributed by atoms with Crippen molar-refractivity contribution in [2.45, 2.75) is 32.7 Å². The number of methoxy groups -OCH3 is 1. The Labute approximate surface area is 131 Å². The van der Waals surface area contributed by atoms with Crippen molar-refractivity contribution < 1.29 is 9.22 Å². The van der Waals surface area contributed by atoms with Crippen LogP contribution in [0.15, 0.2) is 24.3 Å². The van der Waals surface area contributed by atoms with Crippen LogP contribution in [0.1, 0.15) is 31.7 Å². The minimum absolute atomic E-state index is 0.951. The van der Waals surface area contributed by atoms with Crippen LogP contribution < -0.4 is 4.74 Å². The Morgan fingerprint density at radius 2 is 1.86 bits per heavy atom. The van der Waals surface area contributed by atoms with Gasteiger partial charge in [-0.1, -0.05) is 25.5 Å². The minimum atomic E-state index is 0.951. The maximum Gasteiger partial charge on any atom is 0.119 e. The molecule has 21 heavy (non-hydrogen) atoms. The highest BCUT2D eigenvalue weighted by atomic mass is 16.5. The summed E-state index contributed by atoms with van der Waals surface area (Å²) in [6.07, 6.45) is 3.83. The second-order valence-electron chi connectivity index (χ2n) is 6.68. The van der Waals surface area contributed by atoms with Crippen LogP contribution in [0.2, 0.25) is 0 Å². The molecule has 3 nitrogen and oxygen atoms in total. The quantitative estimate of drug-likeness (QED) is 0.613. The van der Waals surface area contributed by atoms with Crippen LogP contribution in [0.5, 0.6) is 5.75 Å². The monoisotopic (exact) mass is 293 g/mol. The fourth-order valence-corrected chi connectivity index (χ4v) is 2.65. The lowest BCUT2D eigenvalue weighted by molar-refractivity contribution is -0.903. The van der Waals surface area contributed by atoms with Crippen molar-refractivity contribution in [3.8, 4) is 5.75 Å². The zero-order chi connectivity index (χ0) is 15.7. The van der Waals surface area contributed by atoms with Crippen molar-refractivity contribution in [1.29, 1.82) is 0 Å². The maximum absolute atomic E-state index is 5.31. The van der Waals surface area contributed by atoms with E-state index < -0.39 is 0 Å². The van der Waals surface area contributed by atoms with Crippen molar-refractivity contribution in [3.63, 3.8) is 0 Å². The standard InChI is InChI=1S/C18H33N2O/c1-6-7-12-19(2)13-9-14-20(3,4)16-17-10-8-11-18(15-17)21-5/h8,10-11,15H,6-7,9,12-14,16H2,1-5H3/q+1.